The number of para-hydroxylation sites is 1. The van der Waals surface area contributed by atoms with Crippen LogP contribution in [-0.2, 0) is 4.79 Å². The molecule has 8 nitrogen and oxygen atoms in total. The highest BCUT2D eigenvalue weighted by atomic mass is 16.3. The van der Waals surface area contributed by atoms with E-state index in [1.807, 2.05) is 32.0 Å². The van der Waals surface area contributed by atoms with E-state index < -0.39 is 11.8 Å². The number of aryl methyl sites for hydroxylation is 1. The van der Waals surface area contributed by atoms with Crippen molar-refractivity contribution in [2.24, 2.45) is 0 Å². The first-order valence-electron chi connectivity index (χ1n) is 8.91. The number of furan rings is 2. The molecule has 0 aliphatic carbocycles. The number of carbonyl (C=O) groups excluding carboxylic acids is 3. The molecule has 0 aliphatic heterocycles. The standard InChI is InChI=1S/C20H21N3O5/c1-3-10-23(12-17(24)21-22-19(25)16-9-6-11-27-16)20(26)18-13(2)14-7-4-5-8-15(14)28-18/h4-9,11H,3,10,12H2,1-2H3,(H,21,24)(H,22,25). The first-order valence-corrected chi connectivity index (χ1v) is 8.91. The molecule has 2 aromatic heterocycles. The molecular formula is C20H21N3O5. The third-order valence-electron chi connectivity index (χ3n) is 4.21. The normalized spacial score (nSPS) is 10.6. The van der Waals surface area contributed by atoms with Gasteiger partial charge in [-0.1, -0.05) is 25.1 Å². The number of rotatable bonds is 6. The minimum absolute atomic E-state index is 0.0692. The summed E-state index contributed by atoms with van der Waals surface area (Å²) >= 11 is 0. The Kier molecular flexibility index (Phi) is 5.78. The number of carbonyl (C=O) groups is 3. The topological polar surface area (TPSA) is 105 Å². The van der Waals surface area contributed by atoms with Crippen LogP contribution in [0.15, 0.2) is 51.5 Å². The summed E-state index contributed by atoms with van der Waals surface area (Å²) < 4.78 is 10.7. The summed E-state index contributed by atoms with van der Waals surface area (Å²) in [6.07, 6.45) is 2.02. The summed E-state index contributed by atoms with van der Waals surface area (Å²) in [5.41, 5.74) is 5.88. The van der Waals surface area contributed by atoms with E-state index in [2.05, 4.69) is 10.9 Å². The minimum Gasteiger partial charge on any atom is -0.459 e. The summed E-state index contributed by atoms with van der Waals surface area (Å²) in [5.74, 6) is -1.21. The number of amides is 3. The molecule has 28 heavy (non-hydrogen) atoms. The molecule has 0 saturated heterocycles. The quantitative estimate of drug-likeness (QED) is 0.637. The van der Waals surface area contributed by atoms with Crippen LogP contribution in [-0.4, -0.2) is 35.7 Å². The molecule has 0 spiro atoms. The molecule has 0 radical (unpaired) electrons. The van der Waals surface area contributed by atoms with Crippen molar-refractivity contribution in [3.8, 4) is 0 Å². The van der Waals surface area contributed by atoms with Crippen LogP contribution >= 0.6 is 0 Å². The van der Waals surface area contributed by atoms with Gasteiger partial charge in [0.1, 0.15) is 12.1 Å². The molecule has 1 aromatic carbocycles. The maximum Gasteiger partial charge on any atom is 0.305 e. The molecule has 0 saturated carbocycles. The monoisotopic (exact) mass is 383 g/mol. The van der Waals surface area contributed by atoms with E-state index in [4.69, 9.17) is 8.83 Å². The van der Waals surface area contributed by atoms with Gasteiger partial charge in [0.15, 0.2) is 11.5 Å². The van der Waals surface area contributed by atoms with Crippen molar-refractivity contribution in [2.45, 2.75) is 20.3 Å². The Morgan fingerprint density at radius 1 is 1.07 bits per heavy atom. The lowest BCUT2D eigenvalue weighted by Gasteiger charge is -2.20. The average molecular weight is 383 g/mol. The van der Waals surface area contributed by atoms with Crippen LogP contribution in [0.5, 0.6) is 0 Å². The fourth-order valence-electron chi connectivity index (χ4n) is 2.85. The Morgan fingerprint density at radius 2 is 1.86 bits per heavy atom. The highest BCUT2D eigenvalue weighted by Gasteiger charge is 2.24. The Bertz CT molecular complexity index is 991. The molecule has 146 valence electrons. The largest absolute Gasteiger partial charge is 0.459 e. The lowest BCUT2D eigenvalue weighted by Crippen LogP contribution is -2.47. The van der Waals surface area contributed by atoms with E-state index >= 15 is 0 Å². The van der Waals surface area contributed by atoms with E-state index in [9.17, 15) is 14.4 Å². The number of nitrogens with zero attached hydrogens (tertiary/aromatic N) is 1. The van der Waals surface area contributed by atoms with Crippen molar-refractivity contribution >= 4 is 28.7 Å². The fraction of sp³-hybridized carbons (Fsp3) is 0.250. The van der Waals surface area contributed by atoms with Gasteiger partial charge in [-0.2, -0.15) is 0 Å². The first kappa shape index (κ1) is 19.2. The molecule has 0 unspecified atom stereocenters. The molecule has 2 N–H and O–H groups in total. The van der Waals surface area contributed by atoms with Crippen LogP contribution in [0.3, 0.4) is 0 Å². The Morgan fingerprint density at radius 3 is 2.54 bits per heavy atom. The van der Waals surface area contributed by atoms with Gasteiger partial charge in [-0.3, -0.25) is 25.2 Å². The molecular weight excluding hydrogens is 362 g/mol. The predicted octanol–water partition coefficient (Wildman–Crippen LogP) is 2.65. The molecule has 0 bridgehead atoms. The molecule has 3 rings (SSSR count). The fourth-order valence-corrected chi connectivity index (χ4v) is 2.85. The smallest absolute Gasteiger partial charge is 0.305 e. The summed E-state index contributed by atoms with van der Waals surface area (Å²) in [7, 11) is 0. The van der Waals surface area contributed by atoms with Crippen LogP contribution < -0.4 is 10.9 Å². The van der Waals surface area contributed by atoms with Gasteiger partial charge in [0.25, 0.3) is 11.8 Å². The second kappa shape index (κ2) is 8.43. The maximum absolute atomic E-state index is 12.9. The Hall–Kier alpha value is -3.55. The molecule has 2 heterocycles. The van der Waals surface area contributed by atoms with Crippen LogP contribution in [0.25, 0.3) is 11.0 Å². The van der Waals surface area contributed by atoms with Gasteiger partial charge in [-0.15, -0.1) is 0 Å². The zero-order chi connectivity index (χ0) is 20.1. The van der Waals surface area contributed by atoms with Crippen LogP contribution in [0, 0.1) is 6.92 Å². The maximum atomic E-state index is 12.9. The van der Waals surface area contributed by atoms with E-state index in [-0.39, 0.29) is 24.0 Å². The summed E-state index contributed by atoms with van der Waals surface area (Å²) in [5, 5.41) is 0.859. The Labute approximate surface area is 161 Å². The lowest BCUT2D eigenvalue weighted by atomic mass is 10.1. The SMILES string of the molecule is CCCN(CC(=O)NNC(=O)c1ccco1)C(=O)c1oc2ccccc2c1C. The predicted molar refractivity (Wildman–Crippen MR) is 101 cm³/mol. The van der Waals surface area contributed by atoms with E-state index in [0.717, 1.165) is 10.9 Å². The van der Waals surface area contributed by atoms with E-state index in [0.29, 0.717) is 18.5 Å². The number of benzene rings is 1. The van der Waals surface area contributed by atoms with Gasteiger partial charge in [-0.25, -0.2) is 0 Å². The van der Waals surface area contributed by atoms with E-state index in [1.54, 1.807) is 12.1 Å². The van der Waals surface area contributed by atoms with Crippen LogP contribution in [0.4, 0.5) is 0 Å². The van der Waals surface area contributed by atoms with Crippen molar-refractivity contribution in [3.05, 3.63) is 59.7 Å². The van der Waals surface area contributed by atoms with Gasteiger partial charge >= 0.3 is 5.91 Å². The van der Waals surface area contributed by atoms with Gasteiger partial charge in [-0.05, 0) is 31.5 Å². The van der Waals surface area contributed by atoms with Crippen molar-refractivity contribution in [2.75, 3.05) is 13.1 Å². The van der Waals surface area contributed by atoms with Crippen molar-refractivity contribution < 1.29 is 23.2 Å². The number of fused-ring (bicyclic) bond motifs is 1. The zero-order valence-corrected chi connectivity index (χ0v) is 15.7. The molecule has 0 atom stereocenters. The summed E-state index contributed by atoms with van der Waals surface area (Å²) in [4.78, 5) is 38.3. The van der Waals surface area contributed by atoms with Crippen LogP contribution in [0.1, 0.15) is 40.0 Å². The van der Waals surface area contributed by atoms with Gasteiger partial charge in [0, 0.05) is 17.5 Å². The summed E-state index contributed by atoms with van der Waals surface area (Å²) in [6.45, 7) is 3.87. The molecule has 0 aliphatic rings. The number of hydrazine groups is 1. The van der Waals surface area contributed by atoms with Crippen molar-refractivity contribution in [1.29, 1.82) is 0 Å². The van der Waals surface area contributed by atoms with Crippen LogP contribution in [0.2, 0.25) is 0 Å². The van der Waals surface area contributed by atoms with Gasteiger partial charge < -0.3 is 13.7 Å². The molecule has 3 aromatic rings. The number of hydrogen-bond acceptors (Lipinski definition) is 5. The highest BCUT2D eigenvalue weighted by molar-refractivity contribution is 6.00. The first-order chi connectivity index (χ1) is 13.5. The molecule has 0 fully saturated rings. The highest BCUT2D eigenvalue weighted by Crippen LogP contribution is 2.26. The second-order valence-electron chi connectivity index (χ2n) is 6.26. The van der Waals surface area contributed by atoms with Crippen molar-refractivity contribution in [3.63, 3.8) is 0 Å². The van der Waals surface area contributed by atoms with Crippen molar-refractivity contribution in [1.82, 2.24) is 15.8 Å². The number of nitrogens with one attached hydrogen (secondary N) is 2. The zero-order valence-electron chi connectivity index (χ0n) is 15.7. The summed E-state index contributed by atoms with van der Waals surface area (Å²) in [6, 6.07) is 10.4. The second-order valence-corrected chi connectivity index (χ2v) is 6.26. The number of hydrogen-bond donors (Lipinski definition) is 2. The third-order valence-corrected chi connectivity index (χ3v) is 4.21. The molecule has 3 amide bonds. The van der Waals surface area contributed by atoms with E-state index in [1.165, 1.54) is 17.2 Å². The van der Waals surface area contributed by atoms with Gasteiger partial charge in [0.05, 0.1) is 6.26 Å². The average Bonchev–Trinajstić information content (AvgIpc) is 3.34. The minimum atomic E-state index is -0.583. The third kappa shape index (κ3) is 4.06. The molecule has 8 heteroatoms. The lowest BCUT2D eigenvalue weighted by molar-refractivity contribution is -0.122. The Balaban J connectivity index is 1.68. The van der Waals surface area contributed by atoms with Gasteiger partial charge in [0.2, 0.25) is 0 Å².